The molecule has 0 atom stereocenters. The number of halogens is 1. The molecule has 0 aliphatic carbocycles. The lowest BCUT2D eigenvalue weighted by Gasteiger charge is -2.06. The van der Waals surface area contributed by atoms with Crippen molar-refractivity contribution in [3.8, 4) is 0 Å². The van der Waals surface area contributed by atoms with Crippen molar-refractivity contribution in [2.45, 2.75) is 20.0 Å². The Bertz CT molecular complexity index is 491. The summed E-state index contributed by atoms with van der Waals surface area (Å²) in [5, 5.41) is 4.92. The van der Waals surface area contributed by atoms with Crippen LogP contribution in [0.2, 0.25) is 5.02 Å². The first-order valence-electron chi connectivity index (χ1n) is 5.16. The average Bonchev–Trinajstić information content (AvgIpc) is 2.61. The summed E-state index contributed by atoms with van der Waals surface area (Å²) in [6, 6.07) is 8.19. The van der Waals surface area contributed by atoms with Gasteiger partial charge in [-0.1, -0.05) is 35.9 Å². The molecule has 0 aliphatic heterocycles. The lowest BCUT2D eigenvalue weighted by molar-refractivity contribution is 0.664. The fourth-order valence-corrected chi connectivity index (χ4v) is 1.75. The number of nitrogens with zero attached hydrogens (tertiary/aromatic N) is 2. The smallest absolute Gasteiger partial charge is 0.0815 e. The number of benzene rings is 1. The van der Waals surface area contributed by atoms with Gasteiger partial charge in [0, 0.05) is 6.54 Å². The van der Waals surface area contributed by atoms with Gasteiger partial charge in [0.05, 0.1) is 23.5 Å². The number of rotatable bonds is 3. The Balaban J connectivity index is 2.23. The Morgan fingerprint density at radius 3 is 2.75 bits per heavy atom. The second-order valence-electron chi connectivity index (χ2n) is 3.76. The summed E-state index contributed by atoms with van der Waals surface area (Å²) in [6.45, 7) is 3.25. The monoisotopic (exact) mass is 235 g/mol. The molecule has 0 spiro atoms. The molecular formula is C12H14ClN3. The second-order valence-corrected chi connectivity index (χ2v) is 4.17. The van der Waals surface area contributed by atoms with E-state index in [0.717, 1.165) is 17.8 Å². The Morgan fingerprint density at radius 2 is 2.12 bits per heavy atom. The van der Waals surface area contributed by atoms with Crippen LogP contribution in [0.15, 0.2) is 30.5 Å². The highest BCUT2D eigenvalue weighted by molar-refractivity contribution is 6.31. The maximum Gasteiger partial charge on any atom is 0.0815 e. The summed E-state index contributed by atoms with van der Waals surface area (Å²) in [6.07, 6.45) is 1.67. The molecule has 1 heterocycles. The molecule has 2 rings (SSSR count). The van der Waals surface area contributed by atoms with E-state index >= 15 is 0 Å². The average molecular weight is 236 g/mol. The van der Waals surface area contributed by atoms with Crippen molar-refractivity contribution in [3.63, 3.8) is 0 Å². The van der Waals surface area contributed by atoms with Crippen LogP contribution < -0.4 is 5.73 Å². The van der Waals surface area contributed by atoms with Crippen molar-refractivity contribution in [2.24, 2.45) is 5.73 Å². The van der Waals surface area contributed by atoms with Gasteiger partial charge in [-0.15, -0.1) is 0 Å². The molecule has 3 nitrogen and oxygen atoms in total. The SMILES string of the molecule is Cc1c(Cl)cnn1Cc1cccc(CN)c1. The fourth-order valence-electron chi connectivity index (χ4n) is 1.61. The molecule has 2 aromatic rings. The van der Waals surface area contributed by atoms with Crippen LogP contribution in [0.1, 0.15) is 16.8 Å². The largest absolute Gasteiger partial charge is 0.326 e. The van der Waals surface area contributed by atoms with Crippen LogP contribution in [0.5, 0.6) is 0 Å². The molecule has 0 fully saturated rings. The van der Waals surface area contributed by atoms with E-state index in [-0.39, 0.29) is 0 Å². The van der Waals surface area contributed by atoms with Gasteiger partial charge in [-0.3, -0.25) is 4.68 Å². The Morgan fingerprint density at radius 1 is 1.38 bits per heavy atom. The van der Waals surface area contributed by atoms with Crippen molar-refractivity contribution >= 4 is 11.6 Å². The minimum absolute atomic E-state index is 0.562. The first kappa shape index (κ1) is 11.2. The van der Waals surface area contributed by atoms with Gasteiger partial charge in [0.25, 0.3) is 0 Å². The fraction of sp³-hybridized carbons (Fsp3) is 0.250. The molecule has 0 saturated heterocycles. The minimum atomic E-state index is 0.562. The third-order valence-corrected chi connectivity index (χ3v) is 2.97. The molecule has 0 aliphatic rings. The molecule has 84 valence electrons. The van der Waals surface area contributed by atoms with E-state index in [0.29, 0.717) is 11.6 Å². The van der Waals surface area contributed by atoms with E-state index in [9.17, 15) is 0 Å². The highest BCUT2D eigenvalue weighted by atomic mass is 35.5. The molecule has 0 unspecified atom stereocenters. The standard InChI is InChI=1S/C12H14ClN3/c1-9-12(13)7-15-16(9)8-11-4-2-3-10(5-11)6-14/h2-5,7H,6,8,14H2,1H3. The van der Waals surface area contributed by atoms with Crippen molar-refractivity contribution in [3.05, 3.63) is 52.3 Å². The second kappa shape index (κ2) is 4.68. The van der Waals surface area contributed by atoms with E-state index in [1.54, 1.807) is 6.20 Å². The van der Waals surface area contributed by atoms with Crippen molar-refractivity contribution in [2.75, 3.05) is 0 Å². The van der Waals surface area contributed by atoms with Crippen LogP contribution in [0.25, 0.3) is 0 Å². The van der Waals surface area contributed by atoms with Gasteiger partial charge >= 0.3 is 0 Å². The summed E-state index contributed by atoms with van der Waals surface area (Å²) in [4.78, 5) is 0. The zero-order valence-electron chi connectivity index (χ0n) is 9.15. The lowest BCUT2D eigenvalue weighted by atomic mass is 10.1. The summed E-state index contributed by atoms with van der Waals surface area (Å²) in [5.74, 6) is 0. The molecular weight excluding hydrogens is 222 g/mol. The predicted molar refractivity (Wildman–Crippen MR) is 65.4 cm³/mol. The highest BCUT2D eigenvalue weighted by Gasteiger charge is 2.04. The highest BCUT2D eigenvalue weighted by Crippen LogP contribution is 2.15. The Kier molecular flexibility index (Phi) is 3.27. The van der Waals surface area contributed by atoms with Gasteiger partial charge in [-0.2, -0.15) is 5.10 Å². The summed E-state index contributed by atoms with van der Waals surface area (Å²) in [5.41, 5.74) is 8.91. The maximum absolute atomic E-state index is 5.95. The van der Waals surface area contributed by atoms with E-state index < -0.39 is 0 Å². The number of nitrogens with two attached hydrogens (primary N) is 1. The van der Waals surface area contributed by atoms with Crippen LogP contribution >= 0.6 is 11.6 Å². The zero-order valence-corrected chi connectivity index (χ0v) is 9.91. The van der Waals surface area contributed by atoms with Gasteiger partial charge in [-0.05, 0) is 18.1 Å². The molecule has 1 aromatic heterocycles. The minimum Gasteiger partial charge on any atom is -0.326 e. The Labute approximate surface area is 99.8 Å². The van der Waals surface area contributed by atoms with Crippen LogP contribution in [-0.2, 0) is 13.1 Å². The summed E-state index contributed by atoms with van der Waals surface area (Å²) in [7, 11) is 0. The van der Waals surface area contributed by atoms with E-state index in [1.165, 1.54) is 5.56 Å². The number of aromatic nitrogens is 2. The van der Waals surface area contributed by atoms with Gasteiger partial charge < -0.3 is 5.73 Å². The van der Waals surface area contributed by atoms with Gasteiger partial charge in [0.1, 0.15) is 0 Å². The zero-order chi connectivity index (χ0) is 11.5. The van der Waals surface area contributed by atoms with Crippen LogP contribution in [0, 0.1) is 6.92 Å². The number of hydrogen-bond donors (Lipinski definition) is 1. The maximum atomic E-state index is 5.95. The molecule has 2 N–H and O–H groups in total. The van der Waals surface area contributed by atoms with Crippen molar-refractivity contribution in [1.29, 1.82) is 0 Å². The van der Waals surface area contributed by atoms with Crippen molar-refractivity contribution in [1.82, 2.24) is 9.78 Å². The molecule has 0 saturated carbocycles. The van der Waals surface area contributed by atoms with E-state index in [4.69, 9.17) is 17.3 Å². The Hall–Kier alpha value is -1.32. The molecule has 16 heavy (non-hydrogen) atoms. The normalized spacial score (nSPS) is 10.7. The first-order valence-corrected chi connectivity index (χ1v) is 5.54. The number of hydrogen-bond acceptors (Lipinski definition) is 2. The molecule has 0 radical (unpaired) electrons. The third kappa shape index (κ3) is 2.26. The predicted octanol–water partition coefficient (Wildman–Crippen LogP) is 2.35. The molecule has 1 aromatic carbocycles. The lowest BCUT2D eigenvalue weighted by Crippen LogP contribution is -2.05. The molecule has 0 bridgehead atoms. The van der Waals surface area contributed by atoms with E-state index in [1.807, 2.05) is 23.7 Å². The van der Waals surface area contributed by atoms with Gasteiger partial charge in [0.2, 0.25) is 0 Å². The topological polar surface area (TPSA) is 43.8 Å². The first-order chi connectivity index (χ1) is 7.70. The third-order valence-electron chi connectivity index (χ3n) is 2.60. The van der Waals surface area contributed by atoms with Crippen molar-refractivity contribution < 1.29 is 0 Å². The molecule has 4 heteroatoms. The quantitative estimate of drug-likeness (QED) is 0.888. The van der Waals surface area contributed by atoms with E-state index in [2.05, 4.69) is 17.2 Å². The summed E-state index contributed by atoms with van der Waals surface area (Å²) >= 11 is 5.95. The van der Waals surface area contributed by atoms with Crippen LogP contribution in [0.3, 0.4) is 0 Å². The van der Waals surface area contributed by atoms with Gasteiger partial charge in [-0.25, -0.2) is 0 Å². The van der Waals surface area contributed by atoms with Crippen LogP contribution in [0.4, 0.5) is 0 Å². The van der Waals surface area contributed by atoms with Gasteiger partial charge in [0.15, 0.2) is 0 Å². The van der Waals surface area contributed by atoms with Crippen LogP contribution in [-0.4, -0.2) is 9.78 Å². The molecule has 0 amide bonds. The summed E-state index contributed by atoms with van der Waals surface area (Å²) < 4.78 is 1.89.